The van der Waals surface area contributed by atoms with Crippen LogP contribution >= 0.6 is 15.9 Å². The minimum atomic E-state index is -1.04. The first-order valence-corrected chi connectivity index (χ1v) is 14.1. The molecule has 6 rings (SSSR count). The van der Waals surface area contributed by atoms with Crippen LogP contribution in [0.4, 0.5) is 20.2 Å². The lowest BCUT2D eigenvalue weighted by Gasteiger charge is -2.12. The van der Waals surface area contributed by atoms with Gasteiger partial charge < -0.3 is 31.0 Å². The zero-order valence-corrected chi connectivity index (χ0v) is 24.8. The van der Waals surface area contributed by atoms with Gasteiger partial charge in [-0.2, -0.15) is 0 Å². The van der Waals surface area contributed by atoms with E-state index in [0.29, 0.717) is 44.7 Å². The second kappa shape index (κ2) is 14.0. The third-order valence-electron chi connectivity index (χ3n) is 6.84. The van der Waals surface area contributed by atoms with E-state index in [0.717, 1.165) is 42.4 Å². The first kappa shape index (κ1) is 31.2. The second-order valence-electron chi connectivity index (χ2n) is 10.0. The first-order chi connectivity index (χ1) is 20.1. The average molecular weight is 641 g/mol. The lowest BCUT2D eigenvalue weighted by atomic mass is 9.84. The van der Waals surface area contributed by atoms with Crippen LogP contribution in [0.3, 0.4) is 0 Å². The minimum absolute atomic E-state index is 0.213. The number of nitrogen functional groups attached to an aromatic ring is 2. The molecule has 0 amide bonds. The van der Waals surface area contributed by atoms with Crippen molar-refractivity contribution in [3.8, 4) is 34.0 Å². The van der Waals surface area contributed by atoms with Gasteiger partial charge in [0, 0.05) is 45.8 Å². The number of nitrogens with zero attached hydrogens (tertiary/aromatic N) is 2. The highest BCUT2D eigenvalue weighted by Gasteiger charge is 2.33. The van der Waals surface area contributed by atoms with Crippen LogP contribution in [0.1, 0.15) is 37.2 Å². The third kappa shape index (κ3) is 8.18. The number of pyridine rings is 2. The highest BCUT2D eigenvalue weighted by atomic mass is 79.9. The number of anilines is 2. The molecule has 0 spiro atoms. The Morgan fingerprint density at radius 1 is 0.786 bits per heavy atom. The van der Waals surface area contributed by atoms with Crippen molar-refractivity contribution in [1.82, 2.24) is 9.97 Å². The van der Waals surface area contributed by atoms with Crippen LogP contribution in [0.2, 0.25) is 5.82 Å². The van der Waals surface area contributed by atoms with Gasteiger partial charge in [-0.25, -0.2) is 18.7 Å². The number of nitrogens with two attached hydrogens (primary N) is 2. The van der Waals surface area contributed by atoms with E-state index in [4.69, 9.17) is 31.0 Å². The highest BCUT2D eigenvalue weighted by molar-refractivity contribution is 9.10. The molecule has 2 aromatic carbocycles. The van der Waals surface area contributed by atoms with Crippen LogP contribution in [0.5, 0.6) is 11.8 Å². The van der Waals surface area contributed by atoms with Gasteiger partial charge in [0.05, 0.1) is 19.9 Å². The maximum atomic E-state index is 13.8. The summed E-state index contributed by atoms with van der Waals surface area (Å²) in [5.74, 6) is 0.985. The van der Waals surface area contributed by atoms with Gasteiger partial charge in [-0.05, 0) is 93.6 Å². The fourth-order valence-corrected chi connectivity index (χ4v) is 4.64. The van der Waals surface area contributed by atoms with Crippen LogP contribution in [0.25, 0.3) is 22.3 Å². The number of rotatable bonds is 6. The summed E-state index contributed by atoms with van der Waals surface area (Å²) in [6.45, 7) is 0. The number of halogens is 3. The largest absolute Gasteiger partial charge is 0.481 e. The predicted molar refractivity (Wildman–Crippen MR) is 164 cm³/mol. The van der Waals surface area contributed by atoms with Gasteiger partial charge in [-0.1, -0.05) is 12.8 Å². The molecule has 6 N–H and O–H groups in total. The summed E-state index contributed by atoms with van der Waals surface area (Å²) in [6.07, 6.45) is 7.40. The number of hydrogen-bond acceptors (Lipinski definition) is 8. The molecule has 0 aliphatic heterocycles. The van der Waals surface area contributed by atoms with E-state index in [1.165, 1.54) is 25.3 Å². The summed E-state index contributed by atoms with van der Waals surface area (Å²) in [6, 6.07) is 12.8. The van der Waals surface area contributed by atoms with E-state index in [9.17, 15) is 8.78 Å². The van der Waals surface area contributed by atoms with Gasteiger partial charge >= 0.3 is 7.12 Å². The van der Waals surface area contributed by atoms with Crippen molar-refractivity contribution in [2.45, 2.75) is 37.4 Å². The van der Waals surface area contributed by atoms with Gasteiger partial charge in [0.1, 0.15) is 11.6 Å². The third-order valence-corrected chi connectivity index (χ3v) is 7.50. The molecule has 8 nitrogen and oxygen atoms in total. The molecule has 12 heteroatoms. The highest BCUT2D eigenvalue weighted by Crippen LogP contribution is 2.45. The maximum absolute atomic E-state index is 13.8. The summed E-state index contributed by atoms with van der Waals surface area (Å²) in [5.41, 5.74) is 17.1. The molecule has 0 atom stereocenters. The average Bonchev–Trinajstić information content (AvgIpc) is 3.90. The molecule has 0 saturated heterocycles. The fraction of sp³-hybridized carbons (Fsp3) is 0.267. The van der Waals surface area contributed by atoms with E-state index in [-0.39, 0.29) is 17.5 Å². The van der Waals surface area contributed by atoms with E-state index in [1.54, 1.807) is 43.8 Å². The minimum Gasteiger partial charge on any atom is -0.481 e. The Kier molecular flexibility index (Phi) is 10.4. The summed E-state index contributed by atoms with van der Waals surface area (Å²) in [4.78, 5) is 8.04. The molecule has 0 unspecified atom stereocenters. The number of hydrogen-bond donors (Lipinski definition) is 4. The summed E-state index contributed by atoms with van der Waals surface area (Å²) in [5, 5.41) is 16.5. The molecule has 4 aromatic rings. The van der Waals surface area contributed by atoms with Gasteiger partial charge in [0.2, 0.25) is 11.8 Å². The summed E-state index contributed by atoms with van der Waals surface area (Å²) >= 11 is 3.22. The van der Waals surface area contributed by atoms with Crippen molar-refractivity contribution in [3.05, 3.63) is 82.6 Å². The van der Waals surface area contributed by atoms with Crippen molar-refractivity contribution < 1.29 is 28.3 Å². The molecule has 220 valence electrons. The standard InChI is InChI=1S/C15H15FN2O.C12H10BrFN2O.C3H7BO2/c1-19-14-6-10(4-5-18-14)13-8-11(16)7-12(15(13)17)9-2-3-9;1-17-11-4-7(2-3-16-11)9-5-8(14)6-10(13)12(9)15;5-4(6)3-1-2-3/h4-9H,2-3,17H2,1H3;2-6H,15H2,1H3;3,5-6H,1-2H2. The molecule has 2 aliphatic rings. The molecular formula is C30H32BBrF2N4O4. The zero-order valence-electron chi connectivity index (χ0n) is 23.2. The molecule has 2 fully saturated rings. The van der Waals surface area contributed by atoms with Crippen molar-refractivity contribution in [3.63, 3.8) is 0 Å². The van der Waals surface area contributed by atoms with E-state index in [1.807, 2.05) is 6.07 Å². The second-order valence-corrected chi connectivity index (χ2v) is 10.9. The quantitative estimate of drug-likeness (QED) is 0.144. The van der Waals surface area contributed by atoms with Crippen LogP contribution in [-0.2, 0) is 0 Å². The summed E-state index contributed by atoms with van der Waals surface area (Å²) in [7, 11) is 2.04. The number of benzene rings is 2. The molecule has 0 bridgehead atoms. The lowest BCUT2D eigenvalue weighted by molar-refractivity contribution is 0.398. The maximum Gasteiger partial charge on any atom is 0.454 e. The molecule has 42 heavy (non-hydrogen) atoms. The Morgan fingerprint density at radius 3 is 1.71 bits per heavy atom. The molecule has 2 heterocycles. The fourth-order valence-electron chi connectivity index (χ4n) is 4.21. The Labute approximate surface area is 252 Å². The Balaban J connectivity index is 0.000000162. The topological polar surface area (TPSA) is 137 Å². The van der Waals surface area contributed by atoms with E-state index >= 15 is 0 Å². The van der Waals surface area contributed by atoms with Crippen LogP contribution in [0.15, 0.2) is 65.4 Å². The monoisotopic (exact) mass is 640 g/mol. The van der Waals surface area contributed by atoms with E-state index in [2.05, 4.69) is 25.9 Å². The predicted octanol–water partition coefficient (Wildman–Crippen LogP) is 6.22. The van der Waals surface area contributed by atoms with Gasteiger partial charge in [0.25, 0.3) is 0 Å². The van der Waals surface area contributed by atoms with Crippen LogP contribution in [-0.4, -0.2) is 41.4 Å². The number of ether oxygens (including phenoxy) is 2. The van der Waals surface area contributed by atoms with Crippen LogP contribution in [0, 0.1) is 11.6 Å². The van der Waals surface area contributed by atoms with Gasteiger partial charge in [0.15, 0.2) is 0 Å². The van der Waals surface area contributed by atoms with Crippen molar-refractivity contribution in [2.24, 2.45) is 0 Å². The first-order valence-electron chi connectivity index (χ1n) is 13.3. The lowest BCUT2D eigenvalue weighted by Crippen LogP contribution is -2.09. The zero-order chi connectivity index (χ0) is 30.4. The Bertz CT molecular complexity index is 1540. The molecule has 2 saturated carbocycles. The molecule has 2 aromatic heterocycles. The Hall–Kier alpha value is -3.74. The number of methoxy groups -OCH3 is 2. The molecular weight excluding hydrogens is 609 g/mol. The van der Waals surface area contributed by atoms with Crippen molar-refractivity contribution >= 4 is 34.4 Å². The van der Waals surface area contributed by atoms with Crippen LogP contribution < -0.4 is 20.9 Å². The smallest absolute Gasteiger partial charge is 0.454 e. The Morgan fingerprint density at radius 2 is 1.29 bits per heavy atom. The molecule has 0 radical (unpaired) electrons. The SMILES string of the molecule is COc1cc(-c2cc(F)cc(Br)c2N)ccn1.COc1cc(-c2cc(F)cc(C3CC3)c2N)ccn1.OB(O)C1CC1. The van der Waals surface area contributed by atoms with Gasteiger partial charge in [-0.15, -0.1) is 0 Å². The van der Waals surface area contributed by atoms with E-state index < -0.39 is 7.12 Å². The summed E-state index contributed by atoms with van der Waals surface area (Å²) < 4.78 is 37.7. The van der Waals surface area contributed by atoms with Crippen molar-refractivity contribution in [1.29, 1.82) is 0 Å². The van der Waals surface area contributed by atoms with Gasteiger partial charge in [-0.3, -0.25) is 0 Å². The normalized spacial score (nSPS) is 13.7. The molecule has 2 aliphatic carbocycles. The number of aromatic nitrogens is 2. The van der Waals surface area contributed by atoms with Crippen molar-refractivity contribution in [2.75, 3.05) is 25.7 Å².